The smallest absolute Gasteiger partial charge is 0.137 e. The lowest BCUT2D eigenvalue weighted by atomic mass is 9.74. The lowest BCUT2D eigenvalue weighted by Crippen LogP contribution is -2.38. The number of rotatable bonds is 2. The molecule has 0 bridgehead atoms. The van der Waals surface area contributed by atoms with Crippen LogP contribution >= 0.6 is 0 Å². The molecular formula is C17H15NO2. The molecule has 1 N–H and O–H groups in total. The molecule has 0 radical (unpaired) electrons. The van der Waals surface area contributed by atoms with E-state index in [1.54, 1.807) is 0 Å². The van der Waals surface area contributed by atoms with Gasteiger partial charge in [-0.1, -0.05) is 43.3 Å². The zero-order valence-corrected chi connectivity index (χ0v) is 11.2. The Morgan fingerprint density at radius 1 is 1.10 bits per heavy atom. The fourth-order valence-corrected chi connectivity index (χ4v) is 2.86. The van der Waals surface area contributed by atoms with Gasteiger partial charge in [-0.15, -0.1) is 0 Å². The van der Waals surface area contributed by atoms with Crippen molar-refractivity contribution in [3.63, 3.8) is 0 Å². The first kappa shape index (κ1) is 12.7. The summed E-state index contributed by atoms with van der Waals surface area (Å²) < 4.78 is 5.84. The van der Waals surface area contributed by atoms with Gasteiger partial charge < -0.3 is 9.84 Å². The van der Waals surface area contributed by atoms with Gasteiger partial charge in [0.25, 0.3) is 0 Å². The molecule has 3 heteroatoms. The SMILES string of the molecule is CCC(C#N)C1(O)c2ccccc2Oc2ccccc21. The molecule has 20 heavy (non-hydrogen) atoms. The topological polar surface area (TPSA) is 53.2 Å². The molecule has 0 aromatic heterocycles. The molecular weight excluding hydrogens is 250 g/mol. The van der Waals surface area contributed by atoms with E-state index in [1.165, 1.54) is 0 Å². The largest absolute Gasteiger partial charge is 0.457 e. The number of fused-ring (bicyclic) bond motifs is 2. The summed E-state index contributed by atoms with van der Waals surface area (Å²) in [5.74, 6) is 0.707. The predicted molar refractivity (Wildman–Crippen MR) is 75.4 cm³/mol. The van der Waals surface area contributed by atoms with E-state index in [1.807, 2.05) is 55.5 Å². The maximum atomic E-state index is 11.3. The minimum Gasteiger partial charge on any atom is -0.457 e. The van der Waals surface area contributed by atoms with E-state index in [9.17, 15) is 10.4 Å². The van der Waals surface area contributed by atoms with Gasteiger partial charge in [-0.25, -0.2) is 0 Å². The molecule has 0 fully saturated rings. The summed E-state index contributed by atoms with van der Waals surface area (Å²) in [6.07, 6.45) is 0.565. The van der Waals surface area contributed by atoms with Gasteiger partial charge in [0.15, 0.2) is 0 Å². The number of nitriles is 1. The second kappa shape index (κ2) is 4.66. The maximum absolute atomic E-state index is 11.3. The van der Waals surface area contributed by atoms with Crippen LogP contribution in [-0.4, -0.2) is 5.11 Å². The highest BCUT2D eigenvalue weighted by molar-refractivity contribution is 5.56. The van der Waals surface area contributed by atoms with Crippen LogP contribution in [0, 0.1) is 17.2 Å². The zero-order valence-electron chi connectivity index (χ0n) is 11.2. The number of hydrogen-bond donors (Lipinski definition) is 1. The van der Waals surface area contributed by atoms with Gasteiger partial charge in [0.2, 0.25) is 0 Å². The quantitative estimate of drug-likeness (QED) is 0.903. The van der Waals surface area contributed by atoms with Crippen molar-refractivity contribution in [3.8, 4) is 17.6 Å². The Kier molecular flexibility index (Phi) is 2.96. The molecule has 1 aliphatic heterocycles. The summed E-state index contributed by atoms with van der Waals surface area (Å²) in [6.45, 7) is 1.91. The normalized spacial score (nSPS) is 16.2. The molecule has 1 heterocycles. The van der Waals surface area contributed by atoms with Gasteiger partial charge in [0.05, 0.1) is 12.0 Å². The van der Waals surface area contributed by atoms with Gasteiger partial charge >= 0.3 is 0 Å². The van der Waals surface area contributed by atoms with Crippen molar-refractivity contribution in [2.24, 2.45) is 5.92 Å². The third-order valence-electron chi connectivity index (χ3n) is 3.88. The number of ether oxygens (including phenoxy) is 1. The Bertz CT molecular complexity index is 642. The molecule has 1 atom stereocenters. The highest BCUT2D eigenvalue weighted by Gasteiger charge is 2.46. The maximum Gasteiger partial charge on any atom is 0.137 e. The minimum atomic E-state index is -1.32. The Labute approximate surface area is 118 Å². The molecule has 1 aliphatic rings. The zero-order chi connectivity index (χ0) is 14.2. The Balaban J connectivity index is 2.30. The van der Waals surface area contributed by atoms with Crippen molar-refractivity contribution < 1.29 is 9.84 Å². The van der Waals surface area contributed by atoms with Gasteiger partial charge in [0.1, 0.15) is 17.1 Å². The van der Waals surface area contributed by atoms with Crippen LogP contribution in [0.25, 0.3) is 0 Å². The number of hydrogen-bond acceptors (Lipinski definition) is 3. The van der Waals surface area contributed by atoms with Gasteiger partial charge in [0, 0.05) is 11.1 Å². The van der Waals surface area contributed by atoms with Crippen molar-refractivity contribution in [1.82, 2.24) is 0 Å². The Hall–Kier alpha value is -2.31. The molecule has 0 spiro atoms. The molecule has 0 saturated heterocycles. The molecule has 2 aromatic carbocycles. The van der Waals surface area contributed by atoms with E-state index in [4.69, 9.17) is 4.74 Å². The number of para-hydroxylation sites is 2. The first-order valence-electron chi connectivity index (χ1n) is 6.70. The van der Waals surface area contributed by atoms with Crippen molar-refractivity contribution in [1.29, 1.82) is 5.26 Å². The predicted octanol–water partition coefficient (Wildman–Crippen LogP) is 3.58. The van der Waals surface area contributed by atoms with E-state index in [2.05, 4.69) is 6.07 Å². The first-order chi connectivity index (χ1) is 9.71. The van der Waals surface area contributed by atoms with Crippen LogP contribution in [0.5, 0.6) is 11.5 Å². The summed E-state index contributed by atoms with van der Waals surface area (Å²) in [7, 11) is 0. The average molecular weight is 265 g/mol. The van der Waals surface area contributed by atoms with Crippen LogP contribution in [-0.2, 0) is 5.60 Å². The number of aliphatic hydroxyl groups is 1. The third-order valence-corrected chi connectivity index (χ3v) is 3.88. The monoisotopic (exact) mass is 265 g/mol. The highest BCUT2D eigenvalue weighted by atomic mass is 16.5. The standard InChI is InChI=1S/C17H15NO2/c1-2-12(11-18)17(19)13-7-3-5-9-15(13)20-16-10-6-4-8-14(16)17/h3-10,12,19H,2H2,1H3. The van der Waals surface area contributed by atoms with E-state index in [0.717, 1.165) is 0 Å². The molecule has 1 unspecified atom stereocenters. The van der Waals surface area contributed by atoms with E-state index >= 15 is 0 Å². The van der Waals surface area contributed by atoms with Gasteiger partial charge in [-0.2, -0.15) is 5.26 Å². The molecule has 3 nitrogen and oxygen atoms in total. The summed E-state index contributed by atoms with van der Waals surface area (Å²) in [6, 6.07) is 17.0. The molecule has 0 aliphatic carbocycles. The van der Waals surface area contributed by atoms with Crippen LogP contribution < -0.4 is 4.74 Å². The molecule has 100 valence electrons. The van der Waals surface area contributed by atoms with E-state index < -0.39 is 11.5 Å². The molecule has 0 saturated carbocycles. The molecule has 3 rings (SSSR count). The third kappa shape index (κ3) is 1.62. The first-order valence-corrected chi connectivity index (χ1v) is 6.70. The Morgan fingerprint density at radius 2 is 1.60 bits per heavy atom. The summed E-state index contributed by atoms with van der Waals surface area (Å²) in [5, 5.41) is 20.8. The lowest BCUT2D eigenvalue weighted by Gasteiger charge is -2.38. The van der Waals surface area contributed by atoms with Crippen LogP contribution in [0.4, 0.5) is 0 Å². The van der Waals surface area contributed by atoms with E-state index in [0.29, 0.717) is 29.0 Å². The average Bonchev–Trinajstić information content (AvgIpc) is 2.49. The van der Waals surface area contributed by atoms with Crippen LogP contribution in [0.2, 0.25) is 0 Å². The summed E-state index contributed by atoms with van der Waals surface area (Å²) in [5.41, 5.74) is -0.00576. The summed E-state index contributed by atoms with van der Waals surface area (Å²) in [4.78, 5) is 0. The Morgan fingerprint density at radius 3 is 2.05 bits per heavy atom. The van der Waals surface area contributed by atoms with Gasteiger partial charge in [-0.05, 0) is 18.6 Å². The second-order valence-corrected chi connectivity index (χ2v) is 4.95. The van der Waals surface area contributed by atoms with Crippen LogP contribution in [0.3, 0.4) is 0 Å². The van der Waals surface area contributed by atoms with Crippen LogP contribution in [0.15, 0.2) is 48.5 Å². The summed E-state index contributed by atoms with van der Waals surface area (Å²) >= 11 is 0. The van der Waals surface area contributed by atoms with Crippen molar-refractivity contribution in [3.05, 3.63) is 59.7 Å². The fraction of sp³-hybridized carbons (Fsp3) is 0.235. The van der Waals surface area contributed by atoms with Crippen molar-refractivity contribution >= 4 is 0 Å². The minimum absolute atomic E-state index is 0.520. The van der Waals surface area contributed by atoms with E-state index in [-0.39, 0.29) is 0 Å². The molecule has 0 amide bonds. The highest BCUT2D eigenvalue weighted by Crippen LogP contribution is 2.50. The number of benzene rings is 2. The second-order valence-electron chi connectivity index (χ2n) is 4.95. The van der Waals surface area contributed by atoms with Crippen molar-refractivity contribution in [2.75, 3.05) is 0 Å². The molecule has 2 aromatic rings. The van der Waals surface area contributed by atoms with Gasteiger partial charge in [-0.3, -0.25) is 0 Å². The van der Waals surface area contributed by atoms with Crippen LogP contribution in [0.1, 0.15) is 24.5 Å². The number of nitrogens with zero attached hydrogens (tertiary/aromatic N) is 1. The lowest BCUT2D eigenvalue weighted by molar-refractivity contribution is 0.0284. The van der Waals surface area contributed by atoms with Crippen molar-refractivity contribution in [2.45, 2.75) is 18.9 Å². The fourth-order valence-electron chi connectivity index (χ4n) is 2.86.